The zero-order valence-corrected chi connectivity index (χ0v) is 11.8. The van der Waals surface area contributed by atoms with E-state index < -0.39 is 22.0 Å². The van der Waals surface area contributed by atoms with Crippen LogP contribution in [-0.4, -0.2) is 9.13 Å². The van der Waals surface area contributed by atoms with Crippen molar-refractivity contribution in [3.63, 3.8) is 0 Å². The summed E-state index contributed by atoms with van der Waals surface area (Å²) < 4.78 is 2.62. The molecule has 0 saturated heterocycles. The molecule has 2 aromatic heterocycles. The number of hydrogen-bond donors (Lipinski definition) is 0. The molecule has 0 aliphatic carbocycles. The molecule has 0 N–H and O–H groups in total. The molecule has 0 radical (unpaired) electrons. The lowest BCUT2D eigenvalue weighted by atomic mass is 10.0. The Labute approximate surface area is 122 Å². The second kappa shape index (κ2) is 3.79. The van der Waals surface area contributed by atoms with Gasteiger partial charge in [-0.2, -0.15) is 0 Å². The number of aryl methyl sites for hydroxylation is 2. The first-order valence-electron chi connectivity index (χ1n) is 6.68. The van der Waals surface area contributed by atoms with Gasteiger partial charge in [-0.1, -0.05) is 12.1 Å². The fraction of sp³-hybridized carbons (Fsp3) is 0.125. The van der Waals surface area contributed by atoms with Crippen LogP contribution in [0, 0.1) is 0 Å². The average Bonchev–Trinajstić information content (AvgIpc) is 2.88. The second-order valence-electron chi connectivity index (χ2n) is 5.41. The van der Waals surface area contributed by atoms with E-state index in [4.69, 9.17) is 0 Å². The van der Waals surface area contributed by atoms with Gasteiger partial charge in [0.15, 0.2) is 0 Å². The van der Waals surface area contributed by atoms with Gasteiger partial charge in [0.05, 0.1) is 21.8 Å². The summed E-state index contributed by atoms with van der Waals surface area (Å²) in [4.78, 5) is 47.6. The Morgan fingerprint density at radius 2 is 0.909 bits per heavy atom. The minimum Gasteiger partial charge on any atom is -0.307 e. The molecular formula is C16H10N2O4. The van der Waals surface area contributed by atoms with E-state index in [1.165, 1.54) is 9.13 Å². The number of hydrogen-bond acceptors (Lipinski definition) is 4. The molecule has 0 unspecified atom stereocenters. The number of fused-ring (bicyclic) bond motifs is 5. The van der Waals surface area contributed by atoms with E-state index in [-0.39, 0.29) is 0 Å². The van der Waals surface area contributed by atoms with Crippen LogP contribution in [-0.2, 0) is 14.1 Å². The average molecular weight is 294 g/mol. The van der Waals surface area contributed by atoms with Crippen LogP contribution in [0.3, 0.4) is 0 Å². The lowest BCUT2D eigenvalue weighted by Crippen LogP contribution is -2.24. The first kappa shape index (κ1) is 12.7. The molecule has 6 nitrogen and oxygen atoms in total. The van der Waals surface area contributed by atoms with E-state index >= 15 is 0 Å². The first-order chi connectivity index (χ1) is 10.4. The quantitative estimate of drug-likeness (QED) is 0.432. The summed E-state index contributed by atoms with van der Waals surface area (Å²) in [6.07, 6.45) is 0. The maximum absolute atomic E-state index is 11.9. The van der Waals surface area contributed by atoms with E-state index in [0.717, 1.165) is 0 Å². The van der Waals surface area contributed by atoms with Crippen molar-refractivity contribution >= 4 is 32.6 Å². The predicted molar refractivity (Wildman–Crippen MR) is 84.4 cm³/mol. The molecule has 0 saturated carbocycles. The van der Waals surface area contributed by atoms with Gasteiger partial charge in [0.2, 0.25) is 0 Å². The molecule has 6 heteroatoms. The van der Waals surface area contributed by atoms with Gasteiger partial charge in [-0.3, -0.25) is 19.2 Å². The van der Waals surface area contributed by atoms with E-state index in [1.54, 1.807) is 38.4 Å². The third-order valence-electron chi connectivity index (χ3n) is 4.30. The summed E-state index contributed by atoms with van der Waals surface area (Å²) in [7, 11) is 3.08. The molecule has 0 aliphatic rings. The minimum absolute atomic E-state index is 0.346. The number of nitrogens with zero attached hydrogens (tertiary/aromatic N) is 2. The van der Waals surface area contributed by atoms with Gasteiger partial charge in [-0.05, 0) is 12.1 Å². The van der Waals surface area contributed by atoms with Crippen LogP contribution in [0.2, 0.25) is 0 Å². The Balaban J connectivity index is 2.44. The van der Waals surface area contributed by atoms with Crippen LogP contribution < -0.4 is 22.0 Å². The summed E-state index contributed by atoms with van der Waals surface area (Å²) >= 11 is 0. The fourth-order valence-electron chi connectivity index (χ4n) is 3.20. The molecule has 0 atom stereocenters. The molecular weight excluding hydrogens is 284 g/mol. The minimum atomic E-state index is -0.580. The monoisotopic (exact) mass is 294 g/mol. The van der Waals surface area contributed by atoms with Gasteiger partial charge in [-0.25, -0.2) is 0 Å². The Kier molecular flexibility index (Phi) is 2.19. The maximum atomic E-state index is 11.9. The van der Waals surface area contributed by atoms with Gasteiger partial charge < -0.3 is 9.13 Å². The summed E-state index contributed by atoms with van der Waals surface area (Å²) in [6, 6.07) is 6.50. The topological polar surface area (TPSA) is 78.1 Å². The lowest BCUT2D eigenvalue weighted by molar-refractivity contribution is 0.918. The molecule has 4 aromatic rings. The van der Waals surface area contributed by atoms with Crippen LogP contribution in [0.5, 0.6) is 0 Å². The fourth-order valence-corrected chi connectivity index (χ4v) is 3.20. The van der Waals surface area contributed by atoms with Crippen molar-refractivity contribution in [2.45, 2.75) is 0 Å². The van der Waals surface area contributed by atoms with Gasteiger partial charge in [0.25, 0.3) is 22.0 Å². The van der Waals surface area contributed by atoms with E-state index in [0.29, 0.717) is 32.6 Å². The Morgan fingerprint density at radius 3 is 1.27 bits per heavy atom. The molecule has 0 aliphatic heterocycles. The smallest absolute Gasteiger partial charge is 0.299 e. The first-order valence-corrected chi connectivity index (χ1v) is 6.68. The maximum Gasteiger partial charge on any atom is 0.299 e. The molecule has 2 heterocycles. The molecule has 0 fully saturated rings. The number of benzene rings is 2. The molecule has 0 spiro atoms. The molecule has 2 aromatic carbocycles. The standard InChI is InChI=1S/C16H10N2O4/c1-17-11-7-3-6-10-12(18(2)16(22)14(10)20)8(7)4-5-9(11)13(19)15(17)21/h3-6H,1-2H3. The van der Waals surface area contributed by atoms with E-state index in [1.807, 2.05) is 0 Å². The third-order valence-corrected chi connectivity index (χ3v) is 4.30. The summed E-state index contributed by atoms with van der Waals surface area (Å²) in [5.41, 5.74) is -1.20. The Morgan fingerprint density at radius 1 is 0.591 bits per heavy atom. The normalized spacial score (nSPS) is 11.9. The summed E-state index contributed by atoms with van der Waals surface area (Å²) in [5, 5.41) is 2.04. The van der Waals surface area contributed by atoms with Gasteiger partial charge >= 0.3 is 0 Å². The van der Waals surface area contributed by atoms with Crippen LogP contribution in [0.25, 0.3) is 32.6 Å². The SMILES string of the molecule is Cn1c(=O)c(=O)c2ccc3c(ccc4c(=O)c(=O)n(C)c43)c21. The second-order valence-corrected chi connectivity index (χ2v) is 5.41. The zero-order chi connectivity index (χ0) is 15.8. The largest absolute Gasteiger partial charge is 0.307 e. The highest BCUT2D eigenvalue weighted by Crippen LogP contribution is 2.27. The van der Waals surface area contributed by atoms with Crippen LogP contribution in [0.15, 0.2) is 43.4 Å². The third kappa shape index (κ3) is 1.25. The molecule has 0 amide bonds. The highest BCUT2D eigenvalue weighted by atomic mass is 16.2. The van der Waals surface area contributed by atoms with Crippen molar-refractivity contribution in [1.29, 1.82) is 0 Å². The van der Waals surface area contributed by atoms with Crippen molar-refractivity contribution in [1.82, 2.24) is 9.13 Å². The van der Waals surface area contributed by atoms with Gasteiger partial charge in [0.1, 0.15) is 0 Å². The Hall–Kier alpha value is -3.02. The van der Waals surface area contributed by atoms with Crippen LogP contribution in [0.1, 0.15) is 0 Å². The summed E-state index contributed by atoms with van der Waals surface area (Å²) in [5.74, 6) is 0. The predicted octanol–water partition coefficient (Wildman–Crippen LogP) is 0.140. The molecule has 4 rings (SSSR count). The van der Waals surface area contributed by atoms with Gasteiger partial charge in [-0.15, -0.1) is 0 Å². The lowest BCUT2D eigenvalue weighted by Gasteiger charge is -2.05. The zero-order valence-electron chi connectivity index (χ0n) is 11.8. The van der Waals surface area contributed by atoms with Gasteiger partial charge in [0, 0.05) is 24.9 Å². The molecule has 108 valence electrons. The van der Waals surface area contributed by atoms with Crippen LogP contribution >= 0.6 is 0 Å². The van der Waals surface area contributed by atoms with E-state index in [9.17, 15) is 19.2 Å². The van der Waals surface area contributed by atoms with E-state index in [2.05, 4.69) is 0 Å². The van der Waals surface area contributed by atoms with Crippen LogP contribution in [0.4, 0.5) is 0 Å². The highest BCUT2D eigenvalue weighted by molar-refractivity contribution is 6.15. The Bertz CT molecular complexity index is 1210. The number of rotatable bonds is 0. The van der Waals surface area contributed by atoms with Crippen molar-refractivity contribution in [3.05, 3.63) is 65.4 Å². The molecule has 0 bridgehead atoms. The summed E-state index contributed by atoms with van der Waals surface area (Å²) in [6.45, 7) is 0. The van der Waals surface area contributed by atoms with Crippen molar-refractivity contribution in [2.24, 2.45) is 14.1 Å². The number of aromatic nitrogens is 2. The van der Waals surface area contributed by atoms with Crippen molar-refractivity contribution < 1.29 is 0 Å². The van der Waals surface area contributed by atoms with Crippen molar-refractivity contribution in [3.8, 4) is 0 Å². The van der Waals surface area contributed by atoms with Crippen molar-refractivity contribution in [2.75, 3.05) is 0 Å². The highest BCUT2D eigenvalue weighted by Gasteiger charge is 2.17. The molecule has 22 heavy (non-hydrogen) atoms.